The number of anilines is 1. The molecule has 0 bridgehead atoms. The number of hydrogen-bond acceptors (Lipinski definition) is 7. The van der Waals surface area contributed by atoms with Gasteiger partial charge in [-0.3, -0.25) is 4.52 Å². The van der Waals surface area contributed by atoms with E-state index in [-0.39, 0.29) is 17.8 Å². The van der Waals surface area contributed by atoms with Gasteiger partial charge >= 0.3 is 13.8 Å². The van der Waals surface area contributed by atoms with Gasteiger partial charge in [0.1, 0.15) is 12.2 Å². The van der Waals surface area contributed by atoms with Crippen molar-refractivity contribution in [3.05, 3.63) is 29.8 Å². The Kier molecular flexibility index (Phi) is 7.10. The first-order valence-corrected chi connectivity index (χ1v) is 7.95. The zero-order valence-electron chi connectivity index (χ0n) is 11.8. The molecule has 0 amide bonds. The second-order valence-electron chi connectivity index (χ2n) is 4.64. The van der Waals surface area contributed by atoms with Crippen LogP contribution in [0.15, 0.2) is 24.3 Å². The third-order valence-electron chi connectivity index (χ3n) is 2.86. The molecule has 0 radical (unpaired) electrons. The second kappa shape index (κ2) is 8.37. The summed E-state index contributed by atoms with van der Waals surface area (Å²) in [6, 6.07) is 5.88. The van der Waals surface area contributed by atoms with E-state index in [1.54, 1.807) is 6.07 Å². The molecule has 0 heterocycles. The first-order chi connectivity index (χ1) is 10.6. The molecule has 130 valence electrons. The predicted octanol–water partition coefficient (Wildman–Crippen LogP) is -1.01. The third kappa shape index (κ3) is 6.63. The summed E-state index contributed by atoms with van der Waals surface area (Å²) >= 11 is 0. The zero-order chi connectivity index (χ0) is 17.6. The summed E-state index contributed by atoms with van der Waals surface area (Å²) in [5.41, 5.74) is 0.159. The van der Waals surface area contributed by atoms with Crippen LogP contribution in [0.5, 0.6) is 0 Å². The van der Waals surface area contributed by atoms with Crippen LogP contribution in [0.1, 0.15) is 10.4 Å². The Bertz CT molecular complexity index is 575. The van der Waals surface area contributed by atoms with Gasteiger partial charge < -0.3 is 35.5 Å². The van der Waals surface area contributed by atoms with Crippen LogP contribution in [0.2, 0.25) is 0 Å². The van der Waals surface area contributed by atoms with E-state index in [0.29, 0.717) is 0 Å². The van der Waals surface area contributed by atoms with E-state index >= 15 is 0 Å². The normalized spacial score (nSPS) is 15.7. The molecule has 0 spiro atoms. The van der Waals surface area contributed by atoms with Crippen LogP contribution in [-0.2, 0) is 9.09 Å². The average molecular weight is 351 g/mol. The van der Waals surface area contributed by atoms with Gasteiger partial charge in [-0.25, -0.2) is 9.36 Å². The van der Waals surface area contributed by atoms with Crippen LogP contribution in [0.4, 0.5) is 5.69 Å². The third-order valence-corrected chi connectivity index (χ3v) is 3.35. The number of nitrogens with one attached hydrogen (secondary N) is 1. The fourth-order valence-electron chi connectivity index (χ4n) is 1.69. The van der Waals surface area contributed by atoms with Gasteiger partial charge in [0.15, 0.2) is 0 Å². The Hall–Kier alpha value is -1.52. The molecule has 3 atom stereocenters. The second-order valence-corrected chi connectivity index (χ2v) is 5.88. The first-order valence-electron chi connectivity index (χ1n) is 6.42. The fourth-order valence-corrected chi connectivity index (χ4v) is 2.03. The van der Waals surface area contributed by atoms with Crippen molar-refractivity contribution in [2.24, 2.45) is 0 Å². The number of aromatic carboxylic acids is 1. The maximum atomic E-state index is 11.0. The van der Waals surface area contributed by atoms with Crippen molar-refractivity contribution in [1.29, 1.82) is 0 Å². The molecule has 0 unspecified atom stereocenters. The predicted molar refractivity (Wildman–Crippen MR) is 77.9 cm³/mol. The first kappa shape index (κ1) is 19.5. The summed E-state index contributed by atoms with van der Waals surface area (Å²) in [6.45, 7) is -1.19. The molecule has 7 N–H and O–H groups in total. The molecule has 1 aromatic rings. The topological polar surface area (TPSA) is 177 Å². The lowest BCUT2D eigenvalue weighted by molar-refractivity contribution is -0.0705. The number of para-hydroxylation sites is 1. The number of hydrogen-bond donors (Lipinski definition) is 7. The van der Waals surface area contributed by atoms with Crippen molar-refractivity contribution < 1.29 is 44.1 Å². The zero-order valence-corrected chi connectivity index (χ0v) is 12.7. The lowest BCUT2D eigenvalue weighted by atomic mass is 10.1. The van der Waals surface area contributed by atoms with Gasteiger partial charge in [-0.1, -0.05) is 12.1 Å². The maximum Gasteiger partial charge on any atom is 0.469 e. The number of aliphatic hydroxyl groups excluding tert-OH is 3. The van der Waals surface area contributed by atoms with Crippen molar-refractivity contribution in [3.63, 3.8) is 0 Å². The van der Waals surface area contributed by atoms with E-state index < -0.39 is 38.7 Å². The summed E-state index contributed by atoms with van der Waals surface area (Å²) in [4.78, 5) is 28.0. The number of carbonyl (C=O) groups is 1. The van der Waals surface area contributed by atoms with Crippen LogP contribution >= 0.6 is 7.82 Å². The van der Waals surface area contributed by atoms with Crippen LogP contribution in [-0.4, -0.2) is 67.6 Å². The van der Waals surface area contributed by atoms with Crippen molar-refractivity contribution >= 4 is 19.5 Å². The number of phosphoric ester groups is 1. The minimum absolute atomic E-state index is 0.0421. The van der Waals surface area contributed by atoms with Gasteiger partial charge in [-0.05, 0) is 12.1 Å². The molecule has 11 heteroatoms. The maximum absolute atomic E-state index is 11.0. The summed E-state index contributed by atoms with van der Waals surface area (Å²) in [5.74, 6) is -1.18. The highest BCUT2D eigenvalue weighted by atomic mass is 31.2. The number of carboxylic acids is 1. The van der Waals surface area contributed by atoms with Crippen molar-refractivity contribution in [3.8, 4) is 0 Å². The number of phosphoric acid groups is 1. The minimum Gasteiger partial charge on any atom is -0.478 e. The van der Waals surface area contributed by atoms with Gasteiger partial charge in [0.25, 0.3) is 0 Å². The quantitative estimate of drug-likeness (QED) is 0.273. The molecule has 1 rings (SSSR count). The molecular weight excluding hydrogens is 333 g/mol. The molecule has 0 aromatic heterocycles. The van der Waals surface area contributed by atoms with E-state index in [9.17, 15) is 24.7 Å². The molecule has 23 heavy (non-hydrogen) atoms. The largest absolute Gasteiger partial charge is 0.478 e. The molecule has 0 fully saturated rings. The van der Waals surface area contributed by atoms with E-state index in [1.165, 1.54) is 18.2 Å². The number of rotatable bonds is 9. The van der Waals surface area contributed by atoms with Crippen LogP contribution in [0, 0.1) is 0 Å². The van der Waals surface area contributed by atoms with E-state index in [2.05, 4.69) is 9.84 Å². The Morgan fingerprint density at radius 1 is 1.17 bits per heavy atom. The number of carboxylic acid groups (broad SMARTS) is 1. The summed E-state index contributed by atoms with van der Waals surface area (Å²) in [6.07, 6.45) is -5.03. The van der Waals surface area contributed by atoms with Gasteiger partial charge in [0.2, 0.25) is 0 Å². The van der Waals surface area contributed by atoms with E-state index in [0.717, 1.165) is 0 Å². The SMILES string of the molecule is O=C(O)c1ccccc1NC[C@H](O)[C@@H](O)[C@H](O)COP(=O)(O)O. The van der Waals surface area contributed by atoms with Gasteiger partial charge in [-0.15, -0.1) is 0 Å². The van der Waals surface area contributed by atoms with Crippen LogP contribution in [0.3, 0.4) is 0 Å². The van der Waals surface area contributed by atoms with Crippen molar-refractivity contribution in [2.75, 3.05) is 18.5 Å². The van der Waals surface area contributed by atoms with Crippen LogP contribution < -0.4 is 5.32 Å². The molecule has 0 aliphatic rings. The Balaban J connectivity index is 2.57. The minimum atomic E-state index is -4.80. The lowest BCUT2D eigenvalue weighted by Crippen LogP contribution is -2.43. The Morgan fingerprint density at radius 3 is 2.35 bits per heavy atom. The summed E-state index contributed by atoms with van der Waals surface area (Å²) in [7, 11) is -4.80. The molecule has 0 saturated heterocycles. The Morgan fingerprint density at radius 2 is 1.78 bits per heavy atom. The van der Waals surface area contributed by atoms with Gasteiger partial charge in [0.05, 0.1) is 18.3 Å². The molecular formula is C12H18NO9P. The molecule has 1 aromatic carbocycles. The van der Waals surface area contributed by atoms with Gasteiger partial charge in [0, 0.05) is 12.2 Å². The lowest BCUT2D eigenvalue weighted by Gasteiger charge is -2.23. The Labute approximate surface area is 131 Å². The fraction of sp³-hybridized carbons (Fsp3) is 0.417. The van der Waals surface area contributed by atoms with Crippen LogP contribution in [0.25, 0.3) is 0 Å². The standard InChI is InChI=1S/C12H18NO9P/c14-9(11(16)10(15)6-22-23(19,20)21)5-13-8-4-2-1-3-7(8)12(17)18/h1-4,9-11,13-16H,5-6H2,(H,17,18)(H2,19,20,21)/t9-,10+,11+/m0/s1. The van der Waals surface area contributed by atoms with E-state index in [4.69, 9.17) is 14.9 Å². The van der Waals surface area contributed by atoms with E-state index in [1.807, 2.05) is 0 Å². The highest BCUT2D eigenvalue weighted by Crippen LogP contribution is 2.35. The highest BCUT2D eigenvalue weighted by molar-refractivity contribution is 7.46. The van der Waals surface area contributed by atoms with Gasteiger partial charge in [-0.2, -0.15) is 0 Å². The average Bonchev–Trinajstić information content (AvgIpc) is 2.48. The summed E-state index contributed by atoms with van der Waals surface area (Å²) in [5, 5.41) is 40.5. The highest BCUT2D eigenvalue weighted by Gasteiger charge is 2.27. The molecule has 0 aliphatic carbocycles. The van der Waals surface area contributed by atoms with Crippen molar-refractivity contribution in [1.82, 2.24) is 0 Å². The number of benzene rings is 1. The summed E-state index contributed by atoms with van der Waals surface area (Å²) < 4.78 is 14.5. The monoisotopic (exact) mass is 351 g/mol. The molecule has 0 aliphatic heterocycles. The number of aliphatic hydroxyl groups is 3. The molecule has 10 nitrogen and oxygen atoms in total. The van der Waals surface area contributed by atoms with Crippen molar-refractivity contribution in [2.45, 2.75) is 18.3 Å². The smallest absolute Gasteiger partial charge is 0.469 e. The molecule has 0 saturated carbocycles.